The van der Waals surface area contributed by atoms with Gasteiger partial charge in [-0.2, -0.15) is 0 Å². The fourth-order valence-corrected chi connectivity index (χ4v) is 4.02. The van der Waals surface area contributed by atoms with Crippen LogP contribution in [0.15, 0.2) is 22.8 Å². The molecule has 1 aromatic heterocycles. The number of hydrogen-bond donors (Lipinski definition) is 1. The van der Waals surface area contributed by atoms with Crippen LogP contribution in [0, 0.1) is 12.8 Å². The van der Waals surface area contributed by atoms with Crippen LogP contribution in [-0.4, -0.2) is 41.0 Å². The van der Waals surface area contributed by atoms with Gasteiger partial charge in [-0.3, -0.25) is 9.59 Å². The van der Waals surface area contributed by atoms with Gasteiger partial charge in [-0.25, -0.2) is 0 Å². The topological polar surface area (TPSA) is 66.8 Å². The number of carbonyl (C=O) groups is 2. The van der Waals surface area contributed by atoms with E-state index in [1.54, 1.807) is 4.90 Å². The van der Waals surface area contributed by atoms with Gasteiger partial charge >= 0.3 is 0 Å². The highest BCUT2D eigenvalue weighted by molar-refractivity contribution is 7.10. The standard InChI is InChI=1S/C19H27NO4S/c1-11(2)10-14(21)15-16(18-13(5)6-9-25-18)20(19(23)17(15)22)7-8-24-12(3)4/h6,9,11-12,16,22H,7-8,10H2,1-5H3. The van der Waals surface area contributed by atoms with E-state index in [1.807, 2.05) is 46.1 Å². The molecule has 1 atom stereocenters. The minimum Gasteiger partial charge on any atom is -0.503 e. The highest BCUT2D eigenvalue weighted by Gasteiger charge is 2.44. The van der Waals surface area contributed by atoms with Crippen LogP contribution in [0.4, 0.5) is 0 Å². The molecule has 138 valence electrons. The molecule has 0 radical (unpaired) electrons. The first-order valence-electron chi connectivity index (χ1n) is 8.66. The van der Waals surface area contributed by atoms with Gasteiger partial charge in [0.2, 0.25) is 0 Å². The Morgan fingerprint density at radius 1 is 1.36 bits per heavy atom. The van der Waals surface area contributed by atoms with Crippen LogP contribution in [0.2, 0.25) is 0 Å². The third kappa shape index (κ3) is 4.30. The SMILES string of the molecule is Cc1ccsc1C1C(C(=O)CC(C)C)=C(O)C(=O)N1CCOC(C)C. The lowest BCUT2D eigenvalue weighted by Crippen LogP contribution is -2.34. The molecule has 0 saturated carbocycles. The van der Waals surface area contributed by atoms with E-state index in [0.29, 0.717) is 19.6 Å². The van der Waals surface area contributed by atoms with Crippen LogP contribution in [0.5, 0.6) is 0 Å². The molecule has 1 aliphatic heterocycles. The molecular weight excluding hydrogens is 338 g/mol. The van der Waals surface area contributed by atoms with Crippen molar-refractivity contribution in [1.82, 2.24) is 4.90 Å². The van der Waals surface area contributed by atoms with Gasteiger partial charge in [0.15, 0.2) is 11.5 Å². The van der Waals surface area contributed by atoms with E-state index in [1.165, 1.54) is 11.3 Å². The minimum atomic E-state index is -0.519. The molecule has 1 aliphatic rings. The van der Waals surface area contributed by atoms with Gasteiger partial charge in [-0.1, -0.05) is 13.8 Å². The van der Waals surface area contributed by atoms with Gasteiger partial charge in [0.05, 0.1) is 24.3 Å². The van der Waals surface area contributed by atoms with Gasteiger partial charge in [0.1, 0.15) is 0 Å². The van der Waals surface area contributed by atoms with Crippen molar-refractivity contribution in [3.63, 3.8) is 0 Å². The summed E-state index contributed by atoms with van der Waals surface area (Å²) >= 11 is 1.50. The van der Waals surface area contributed by atoms with E-state index in [0.717, 1.165) is 10.4 Å². The van der Waals surface area contributed by atoms with E-state index >= 15 is 0 Å². The molecule has 1 N–H and O–H groups in total. The molecule has 2 rings (SSSR count). The Hall–Kier alpha value is -1.66. The summed E-state index contributed by atoms with van der Waals surface area (Å²) in [6.45, 7) is 10.4. The Balaban J connectivity index is 2.37. The number of carbonyl (C=O) groups excluding carboxylic acids is 2. The zero-order valence-corrected chi connectivity index (χ0v) is 16.4. The fraction of sp³-hybridized carbons (Fsp3) is 0.579. The molecule has 0 bridgehead atoms. The number of Topliss-reactive ketones (excluding diaryl/α,β-unsaturated/α-hetero) is 1. The van der Waals surface area contributed by atoms with Gasteiger partial charge < -0.3 is 14.7 Å². The van der Waals surface area contributed by atoms with Crippen molar-refractivity contribution in [2.75, 3.05) is 13.2 Å². The van der Waals surface area contributed by atoms with Gasteiger partial charge in [0.25, 0.3) is 5.91 Å². The lowest BCUT2D eigenvalue weighted by molar-refractivity contribution is -0.130. The maximum atomic E-state index is 12.7. The highest BCUT2D eigenvalue weighted by Crippen LogP contribution is 2.41. The second-order valence-corrected chi connectivity index (χ2v) is 8.02. The fourth-order valence-electron chi connectivity index (χ4n) is 2.97. The van der Waals surface area contributed by atoms with Crippen LogP contribution in [0.3, 0.4) is 0 Å². The molecule has 0 aliphatic carbocycles. The molecule has 6 heteroatoms. The van der Waals surface area contributed by atoms with Gasteiger partial charge in [-0.05, 0) is 43.7 Å². The highest BCUT2D eigenvalue weighted by atomic mass is 32.1. The average molecular weight is 365 g/mol. The van der Waals surface area contributed by atoms with E-state index < -0.39 is 17.7 Å². The minimum absolute atomic E-state index is 0.0585. The predicted octanol–water partition coefficient (Wildman–Crippen LogP) is 3.79. The predicted molar refractivity (Wildman–Crippen MR) is 98.7 cm³/mol. The molecule has 0 spiro atoms. The average Bonchev–Trinajstić information content (AvgIpc) is 3.02. The number of aliphatic hydroxyl groups excluding tert-OH is 1. The summed E-state index contributed by atoms with van der Waals surface area (Å²) in [7, 11) is 0. The molecule has 1 aromatic rings. The van der Waals surface area contributed by atoms with Crippen molar-refractivity contribution in [1.29, 1.82) is 0 Å². The number of nitrogens with zero attached hydrogens (tertiary/aromatic N) is 1. The zero-order valence-electron chi connectivity index (χ0n) is 15.5. The summed E-state index contributed by atoms with van der Waals surface area (Å²) in [5.41, 5.74) is 1.25. The molecule has 0 saturated heterocycles. The molecule has 1 unspecified atom stereocenters. The maximum Gasteiger partial charge on any atom is 0.290 e. The lowest BCUT2D eigenvalue weighted by Gasteiger charge is -2.26. The normalized spacial score (nSPS) is 18.1. The molecule has 0 aromatic carbocycles. The monoisotopic (exact) mass is 365 g/mol. The Labute approximate surface area is 153 Å². The van der Waals surface area contributed by atoms with Crippen molar-refractivity contribution in [3.8, 4) is 0 Å². The number of ether oxygens (including phenoxy) is 1. The van der Waals surface area contributed by atoms with E-state index in [9.17, 15) is 14.7 Å². The first-order chi connectivity index (χ1) is 11.7. The Morgan fingerprint density at radius 2 is 2.04 bits per heavy atom. The number of aryl methyl sites for hydroxylation is 1. The largest absolute Gasteiger partial charge is 0.503 e. The van der Waals surface area contributed by atoms with Gasteiger partial charge in [-0.15, -0.1) is 11.3 Å². The first-order valence-corrected chi connectivity index (χ1v) is 9.54. The smallest absolute Gasteiger partial charge is 0.290 e. The third-order valence-corrected chi connectivity index (χ3v) is 5.20. The molecular formula is C19H27NO4S. The van der Waals surface area contributed by atoms with Crippen LogP contribution < -0.4 is 0 Å². The van der Waals surface area contributed by atoms with Crippen LogP contribution in [0.1, 0.15) is 50.6 Å². The van der Waals surface area contributed by atoms with Crippen LogP contribution >= 0.6 is 11.3 Å². The Morgan fingerprint density at radius 3 is 2.56 bits per heavy atom. The summed E-state index contributed by atoms with van der Waals surface area (Å²) < 4.78 is 5.57. The van der Waals surface area contributed by atoms with Crippen molar-refractivity contribution in [2.45, 2.75) is 53.2 Å². The molecule has 1 amide bonds. The van der Waals surface area contributed by atoms with E-state index in [-0.39, 0.29) is 23.4 Å². The van der Waals surface area contributed by atoms with Crippen LogP contribution in [0.25, 0.3) is 0 Å². The number of rotatable bonds is 8. The second-order valence-electron chi connectivity index (χ2n) is 7.07. The summed E-state index contributed by atoms with van der Waals surface area (Å²) in [6.07, 6.45) is 0.368. The molecule has 0 fully saturated rings. The summed E-state index contributed by atoms with van der Waals surface area (Å²) in [5, 5.41) is 12.4. The van der Waals surface area contributed by atoms with Gasteiger partial charge in [0, 0.05) is 17.8 Å². The van der Waals surface area contributed by atoms with E-state index in [2.05, 4.69) is 0 Å². The number of ketones is 1. The summed E-state index contributed by atoms with van der Waals surface area (Å²) in [6, 6.07) is 1.45. The van der Waals surface area contributed by atoms with Crippen molar-refractivity contribution in [3.05, 3.63) is 33.2 Å². The second kappa shape index (κ2) is 8.15. The van der Waals surface area contributed by atoms with E-state index in [4.69, 9.17) is 4.74 Å². The van der Waals surface area contributed by atoms with Crippen molar-refractivity contribution >= 4 is 23.0 Å². The number of amides is 1. The Kier molecular flexibility index (Phi) is 6.41. The third-order valence-electron chi connectivity index (χ3n) is 4.13. The number of aliphatic hydroxyl groups is 1. The number of thiophene rings is 1. The summed E-state index contributed by atoms with van der Waals surface area (Å²) in [5.74, 6) is -0.900. The van der Waals surface area contributed by atoms with Crippen molar-refractivity contribution < 1.29 is 19.4 Å². The maximum absolute atomic E-state index is 12.7. The molecule has 5 nitrogen and oxygen atoms in total. The molecule has 2 heterocycles. The van der Waals surface area contributed by atoms with Crippen molar-refractivity contribution in [2.24, 2.45) is 5.92 Å². The number of hydrogen-bond acceptors (Lipinski definition) is 5. The Bertz CT molecular complexity index is 675. The quantitative estimate of drug-likeness (QED) is 0.761. The lowest BCUT2D eigenvalue weighted by atomic mass is 9.94. The van der Waals surface area contributed by atoms with Crippen LogP contribution in [-0.2, 0) is 14.3 Å². The molecule has 25 heavy (non-hydrogen) atoms. The zero-order chi connectivity index (χ0) is 18.7. The first kappa shape index (κ1) is 19.7. The summed E-state index contributed by atoms with van der Waals surface area (Å²) in [4.78, 5) is 27.8.